The van der Waals surface area contributed by atoms with Crippen molar-refractivity contribution >= 4 is 27.7 Å². The molecule has 14 heavy (non-hydrogen) atoms. The number of carbonyl (C=O) groups excluding carboxylic acids is 1. The zero-order chi connectivity index (χ0) is 10.1. The van der Waals surface area contributed by atoms with Crippen molar-refractivity contribution in [2.45, 2.75) is 0 Å². The van der Waals surface area contributed by atoms with Crippen LogP contribution in [0.5, 0.6) is 5.75 Å². The molecule has 68 valence electrons. The molecule has 0 aliphatic rings. The van der Waals surface area contributed by atoms with Crippen LogP contribution in [-0.2, 0) is 0 Å². The topological polar surface area (TPSA) is 61.1 Å². The molecule has 0 aliphatic heterocycles. The van der Waals surface area contributed by atoms with Gasteiger partial charge in [-0.2, -0.15) is 5.26 Å². The second-order valence-corrected chi connectivity index (χ2v) is 3.88. The van der Waals surface area contributed by atoms with E-state index in [0.717, 1.165) is 4.70 Å². The molecular formula is C10H5NO2S. The van der Waals surface area contributed by atoms with E-state index in [4.69, 9.17) is 5.26 Å². The van der Waals surface area contributed by atoms with Gasteiger partial charge in [-0.05, 0) is 18.2 Å². The number of benzene rings is 1. The summed E-state index contributed by atoms with van der Waals surface area (Å²) >= 11 is 1.26. The highest BCUT2D eigenvalue weighted by molar-refractivity contribution is 7.19. The molecular weight excluding hydrogens is 198 g/mol. The zero-order valence-electron chi connectivity index (χ0n) is 7.02. The molecule has 0 aliphatic carbocycles. The average Bonchev–Trinajstić information content (AvgIpc) is 2.61. The molecule has 1 N–H and O–H groups in total. The largest absolute Gasteiger partial charge is 0.507 e. The van der Waals surface area contributed by atoms with Crippen molar-refractivity contribution in [2.24, 2.45) is 0 Å². The number of aromatic hydroxyl groups is 1. The van der Waals surface area contributed by atoms with E-state index < -0.39 is 0 Å². The maximum absolute atomic E-state index is 10.5. The van der Waals surface area contributed by atoms with Crippen molar-refractivity contribution in [3.63, 3.8) is 0 Å². The summed E-state index contributed by atoms with van der Waals surface area (Å²) in [6.45, 7) is 0. The van der Waals surface area contributed by atoms with E-state index in [1.54, 1.807) is 12.1 Å². The van der Waals surface area contributed by atoms with Crippen LogP contribution in [-0.4, -0.2) is 11.4 Å². The summed E-state index contributed by atoms with van der Waals surface area (Å²) in [7, 11) is 0. The van der Waals surface area contributed by atoms with Crippen LogP contribution in [0.25, 0.3) is 10.1 Å². The summed E-state index contributed by atoms with van der Waals surface area (Å²) in [6, 6.07) is 6.67. The highest BCUT2D eigenvalue weighted by Crippen LogP contribution is 2.32. The summed E-state index contributed by atoms with van der Waals surface area (Å²) in [5, 5.41) is 18.8. The second kappa shape index (κ2) is 3.13. The lowest BCUT2D eigenvalue weighted by molar-refractivity contribution is 0.112. The molecule has 3 nitrogen and oxygen atoms in total. The first-order valence-corrected chi connectivity index (χ1v) is 4.68. The van der Waals surface area contributed by atoms with Crippen LogP contribution >= 0.6 is 11.3 Å². The van der Waals surface area contributed by atoms with Crippen molar-refractivity contribution < 1.29 is 9.90 Å². The minimum absolute atomic E-state index is 0.0438. The highest BCUT2D eigenvalue weighted by Gasteiger charge is 2.07. The van der Waals surface area contributed by atoms with Gasteiger partial charge >= 0.3 is 0 Å². The van der Waals surface area contributed by atoms with Crippen LogP contribution < -0.4 is 0 Å². The van der Waals surface area contributed by atoms with Crippen LogP contribution in [0.3, 0.4) is 0 Å². The lowest BCUT2D eigenvalue weighted by Crippen LogP contribution is -1.77. The molecule has 1 heterocycles. The Morgan fingerprint density at radius 1 is 1.43 bits per heavy atom. The Morgan fingerprint density at radius 3 is 2.86 bits per heavy atom. The molecule has 0 amide bonds. The molecule has 1 aromatic carbocycles. The van der Waals surface area contributed by atoms with E-state index in [9.17, 15) is 9.90 Å². The first-order chi connectivity index (χ1) is 6.74. The zero-order valence-corrected chi connectivity index (χ0v) is 7.84. The molecule has 0 atom stereocenters. The smallest absolute Gasteiger partial charge is 0.150 e. The van der Waals surface area contributed by atoms with Gasteiger partial charge in [-0.1, -0.05) is 0 Å². The van der Waals surface area contributed by atoms with E-state index in [0.29, 0.717) is 22.1 Å². The van der Waals surface area contributed by atoms with Crippen LogP contribution in [0.4, 0.5) is 0 Å². The Kier molecular flexibility index (Phi) is 1.95. The third kappa shape index (κ3) is 1.24. The number of carbonyl (C=O) groups is 1. The standard InChI is InChI=1S/C10H5NO2S/c11-4-7-3-8-9(13)1-6(5-12)2-10(8)14-7/h1-3,5,13H. The van der Waals surface area contributed by atoms with Crippen LogP contribution in [0.15, 0.2) is 18.2 Å². The maximum Gasteiger partial charge on any atom is 0.150 e. The number of hydrogen-bond acceptors (Lipinski definition) is 4. The SMILES string of the molecule is N#Cc1cc2c(O)cc(C=O)cc2s1. The summed E-state index contributed by atoms with van der Waals surface area (Å²) in [5.74, 6) is 0.0438. The second-order valence-electron chi connectivity index (χ2n) is 2.79. The summed E-state index contributed by atoms with van der Waals surface area (Å²) < 4.78 is 0.753. The quantitative estimate of drug-likeness (QED) is 0.723. The van der Waals surface area contributed by atoms with Gasteiger partial charge in [-0.3, -0.25) is 4.79 Å². The average molecular weight is 203 g/mol. The molecule has 0 radical (unpaired) electrons. The molecule has 4 heteroatoms. The number of nitrogens with zero attached hydrogens (tertiary/aromatic N) is 1. The van der Waals surface area contributed by atoms with E-state index in [1.807, 2.05) is 6.07 Å². The molecule has 1 aromatic heterocycles. The first kappa shape index (κ1) is 8.73. The molecule has 0 fully saturated rings. The van der Waals surface area contributed by atoms with E-state index in [-0.39, 0.29) is 5.75 Å². The molecule has 0 spiro atoms. The monoisotopic (exact) mass is 203 g/mol. The van der Waals surface area contributed by atoms with Crippen molar-refractivity contribution in [1.29, 1.82) is 5.26 Å². The number of aldehydes is 1. The fourth-order valence-electron chi connectivity index (χ4n) is 1.26. The third-order valence-electron chi connectivity index (χ3n) is 1.88. The summed E-state index contributed by atoms with van der Waals surface area (Å²) in [5.41, 5.74) is 0.418. The van der Waals surface area contributed by atoms with Gasteiger partial charge in [0.25, 0.3) is 0 Å². The van der Waals surface area contributed by atoms with E-state index in [2.05, 4.69) is 0 Å². The Labute approximate surface area is 83.8 Å². The van der Waals surface area contributed by atoms with Crippen molar-refractivity contribution in [2.75, 3.05) is 0 Å². The number of nitriles is 1. The molecule has 0 saturated carbocycles. The molecule has 0 saturated heterocycles. The Hall–Kier alpha value is -1.86. The highest BCUT2D eigenvalue weighted by atomic mass is 32.1. The minimum atomic E-state index is 0.0438. The fraction of sp³-hybridized carbons (Fsp3) is 0. The number of phenols is 1. The maximum atomic E-state index is 10.5. The predicted octanol–water partition coefficient (Wildman–Crippen LogP) is 2.29. The lowest BCUT2D eigenvalue weighted by Gasteiger charge is -1.95. The van der Waals surface area contributed by atoms with Gasteiger partial charge in [-0.25, -0.2) is 0 Å². The molecule has 0 bridgehead atoms. The number of thiophene rings is 1. The van der Waals surface area contributed by atoms with E-state index in [1.165, 1.54) is 17.4 Å². The first-order valence-electron chi connectivity index (χ1n) is 3.86. The van der Waals surface area contributed by atoms with Crippen LogP contribution in [0.2, 0.25) is 0 Å². The number of rotatable bonds is 1. The molecule has 2 aromatic rings. The van der Waals surface area contributed by atoms with Gasteiger partial charge in [0.05, 0.1) is 0 Å². The van der Waals surface area contributed by atoms with Gasteiger partial charge in [0.2, 0.25) is 0 Å². The van der Waals surface area contributed by atoms with Crippen molar-refractivity contribution in [3.8, 4) is 11.8 Å². The fourth-order valence-corrected chi connectivity index (χ4v) is 2.19. The van der Waals surface area contributed by atoms with Gasteiger partial charge in [0.1, 0.15) is 23.0 Å². The van der Waals surface area contributed by atoms with Gasteiger partial charge in [0, 0.05) is 15.6 Å². The number of hydrogen-bond donors (Lipinski definition) is 1. The van der Waals surface area contributed by atoms with Gasteiger partial charge in [0.15, 0.2) is 0 Å². The Morgan fingerprint density at radius 2 is 2.21 bits per heavy atom. The third-order valence-corrected chi connectivity index (χ3v) is 2.87. The lowest BCUT2D eigenvalue weighted by atomic mass is 10.1. The summed E-state index contributed by atoms with van der Waals surface area (Å²) in [6.07, 6.45) is 0.672. The normalized spacial score (nSPS) is 9.93. The van der Waals surface area contributed by atoms with Crippen LogP contribution in [0, 0.1) is 11.3 Å². The van der Waals surface area contributed by atoms with Crippen molar-refractivity contribution in [3.05, 3.63) is 28.6 Å². The Bertz CT molecular complexity index is 551. The van der Waals surface area contributed by atoms with Gasteiger partial charge < -0.3 is 5.11 Å². The molecule has 0 unspecified atom stereocenters. The number of phenolic OH excluding ortho intramolecular Hbond substituents is 1. The summed E-state index contributed by atoms with van der Waals surface area (Å²) in [4.78, 5) is 11.0. The van der Waals surface area contributed by atoms with Crippen molar-refractivity contribution in [1.82, 2.24) is 0 Å². The predicted molar refractivity (Wildman–Crippen MR) is 53.6 cm³/mol. The van der Waals surface area contributed by atoms with E-state index >= 15 is 0 Å². The van der Waals surface area contributed by atoms with Crippen LogP contribution in [0.1, 0.15) is 15.2 Å². The van der Waals surface area contributed by atoms with Gasteiger partial charge in [-0.15, -0.1) is 11.3 Å². The minimum Gasteiger partial charge on any atom is -0.507 e. The Balaban J connectivity index is 2.81. The number of fused-ring (bicyclic) bond motifs is 1. The molecule has 2 rings (SSSR count).